The number of aryl methyl sites for hydroxylation is 1. The Morgan fingerprint density at radius 1 is 1.33 bits per heavy atom. The molecule has 0 aliphatic carbocycles. The number of carboxylic acids is 1. The van der Waals surface area contributed by atoms with Gasteiger partial charge in [-0.1, -0.05) is 0 Å². The van der Waals surface area contributed by atoms with Gasteiger partial charge in [-0.3, -0.25) is 0 Å². The molecule has 0 radical (unpaired) electrons. The molecular formula is C12H20N2O6S. The first-order valence-electron chi connectivity index (χ1n) is 6.42. The van der Waals surface area contributed by atoms with E-state index in [0.29, 0.717) is 13.0 Å². The third-order valence-corrected chi connectivity index (χ3v) is 4.58. The predicted octanol–water partition coefficient (Wildman–Crippen LogP) is 0.00704. The number of aliphatic hydroxyl groups is 1. The molecule has 0 aliphatic rings. The summed E-state index contributed by atoms with van der Waals surface area (Å²) >= 11 is 0. The number of sulfonamides is 1. The van der Waals surface area contributed by atoms with E-state index >= 15 is 0 Å². The summed E-state index contributed by atoms with van der Waals surface area (Å²) in [6, 6.07) is 0. The third kappa shape index (κ3) is 4.53. The van der Waals surface area contributed by atoms with Crippen molar-refractivity contribution >= 4 is 16.0 Å². The Bertz CT molecular complexity index is 593. The Hall–Kier alpha value is -1.42. The fourth-order valence-corrected chi connectivity index (χ4v) is 3.49. The Morgan fingerprint density at radius 2 is 2.00 bits per heavy atom. The summed E-state index contributed by atoms with van der Waals surface area (Å²) in [5, 5.41) is 17.5. The van der Waals surface area contributed by atoms with Crippen molar-refractivity contribution in [2.45, 2.75) is 25.2 Å². The van der Waals surface area contributed by atoms with Crippen LogP contribution in [0.1, 0.15) is 28.2 Å². The number of nitrogens with one attached hydrogen (secondary N) is 2. The van der Waals surface area contributed by atoms with Crippen molar-refractivity contribution in [3.05, 3.63) is 17.0 Å². The van der Waals surface area contributed by atoms with Crippen molar-refractivity contribution in [2.75, 3.05) is 26.4 Å². The third-order valence-electron chi connectivity index (χ3n) is 2.84. The highest BCUT2D eigenvalue weighted by molar-refractivity contribution is 7.89. The second-order valence-electron chi connectivity index (χ2n) is 4.47. The normalized spacial score (nSPS) is 11.8. The van der Waals surface area contributed by atoms with E-state index in [1.54, 1.807) is 0 Å². The zero-order chi connectivity index (χ0) is 16.0. The molecule has 0 saturated heterocycles. The second kappa shape index (κ2) is 7.55. The van der Waals surface area contributed by atoms with Gasteiger partial charge in [0.05, 0.1) is 13.2 Å². The van der Waals surface area contributed by atoms with E-state index in [1.165, 1.54) is 13.8 Å². The number of hydrogen-bond donors (Lipinski definition) is 4. The summed E-state index contributed by atoms with van der Waals surface area (Å²) in [5.41, 5.74) is 0.345. The molecule has 0 amide bonds. The van der Waals surface area contributed by atoms with Gasteiger partial charge in [-0.2, -0.15) is 0 Å². The van der Waals surface area contributed by atoms with E-state index in [0.717, 1.165) is 0 Å². The fraction of sp³-hybridized carbons (Fsp3) is 0.583. The number of carbonyl (C=O) groups is 1. The van der Waals surface area contributed by atoms with Crippen LogP contribution in [0.4, 0.5) is 0 Å². The Morgan fingerprint density at radius 3 is 2.52 bits per heavy atom. The van der Waals surface area contributed by atoms with E-state index in [1.807, 2.05) is 0 Å². The Kier molecular flexibility index (Phi) is 6.34. The zero-order valence-electron chi connectivity index (χ0n) is 12.0. The van der Waals surface area contributed by atoms with E-state index in [-0.39, 0.29) is 41.6 Å². The van der Waals surface area contributed by atoms with Gasteiger partial charge in [-0.05, 0) is 20.3 Å². The smallest absolute Gasteiger partial charge is 0.352 e. The molecule has 0 aromatic carbocycles. The number of H-pyrrole nitrogens is 1. The highest BCUT2D eigenvalue weighted by Crippen LogP contribution is 2.22. The van der Waals surface area contributed by atoms with E-state index in [2.05, 4.69) is 9.71 Å². The molecule has 0 atom stereocenters. The van der Waals surface area contributed by atoms with Gasteiger partial charge in [0, 0.05) is 24.4 Å². The van der Waals surface area contributed by atoms with Gasteiger partial charge in [0.15, 0.2) is 0 Å². The van der Waals surface area contributed by atoms with Crippen LogP contribution in [-0.4, -0.2) is 55.9 Å². The fourth-order valence-electron chi connectivity index (χ4n) is 1.97. The van der Waals surface area contributed by atoms with Gasteiger partial charge >= 0.3 is 5.97 Å². The van der Waals surface area contributed by atoms with E-state index in [4.69, 9.17) is 14.9 Å². The summed E-state index contributed by atoms with van der Waals surface area (Å²) in [5.74, 6) is -1.20. The molecular weight excluding hydrogens is 300 g/mol. The maximum absolute atomic E-state index is 12.2. The van der Waals surface area contributed by atoms with Crippen LogP contribution >= 0.6 is 0 Å². The molecule has 0 fully saturated rings. The lowest BCUT2D eigenvalue weighted by atomic mass is 10.2. The highest BCUT2D eigenvalue weighted by atomic mass is 32.2. The first kappa shape index (κ1) is 17.6. The number of aromatic amines is 1. The minimum Gasteiger partial charge on any atom is -0.477 e. The highest BCUT2D eigenvalue weighted by Gasteiger charge is 2.25. The topological polar surface area (TPSA) is 129 Å². The van der Waals surface area contributed by atoms with Crippen molar-refractivity contribution in [1.82, 2.24) is 9.71 Å². The molecule has 1 rings (SSSR count). The van der Waals surface area contributed by atoms with Crippen molar-refractivity contribution in [2.24, 2.45) is 0 Å². The number of ether oxygens (including phenoxy) is 1. The number of rotatable bonds is 9. The SMILES string of the molecule is Cc1[nH]c(C(=O)O)c(C)c1S(=O)(=O)NCCCOCCO. The van der Waals surface area contributed by atoms with Gasteiger partial charge in [-0.25, -0.2) is 17.9 Å². The molecule has 4 N–H and O–H groups in total. The standard InChI is InChI=1S/C12H20N2O6S/c1-8-10(12(16)17)14-9(2)11(8)21(18,19)13-4-3-6-20-7-5-15/h13-15H,3-7H2,1-2H3,(H,16,17). The largest absolute Gasteiger partial charge is 0.477 e. The maximum atomic E-state index is 12.2. The molecule has 0 aliphatic heterocycles. The van der Waals surface area contributed by atoms with Crippen LogP contribution in [0, 0.1) is 13.8 Å². The minimum absolute atomic E-state index is 0.0313. The molecule has 120 valence electrons. The van der Waals surface area contributed by atoms with Crippen LogP contribution in [0.15, 0.2) is 4.90 Å². The Labute approximate surface area is 123 Å². The second-order valence-corrected chi connectivity index (χ2v) is 6.18. The van der Waals surface area contributed by atoms with Crippen molar-refractivity contribution in [3.8, 4) is 0 Å². The summed E-state index contributed by atoms with van der Waals surface area (Å²) in [6.45, 7) is 3.59. The van der Waals surface area contributed by atoms with Gasteiger partial charge in [-0.15, -0.1) is 0 Å². The molecule has 21 heavy (non-hydrogen) atoms. The van der Waals surface area contributed by atoms with Gasteiger partial charge in [0.25, 0.3) is 0 Å². The summed E-state index contributed by atoms with van der Waals surface area (Å²) in [7, 11) is -3.78. The molecule has 1 aromatic rings. The number of aromatic carboxylic acids is 1. The minimum atomic E-state index is -3.78. The lowest BCUT2D eigenvalue weighted by Gasteiger charge is -2.08. The molecule has 1 aromatic heterocycles. The quantitative estimate of drug-likeness (QED) is 0.474. The van der Waals surface area contributed by atoms with Crippen LogP contribution in [0.3, 0.4) is 0 Å². The van der Waals surface area contributed by atoms with Crippen molar-refractivity contribution in [3.63, 3.8) is 0 Å². The molecule has 0 spiro atoms. The van der Waals surface area contributed by atoms with Gasteiger partial charge < -0.3 is 19.9 Å². The predicted molar refractivity (Wildman–Crippen MR) is 74.9 cm³/mol. The number of hydrogen-bond acceptors (Lipinski definition) is 5. The molecule has 9 heteroatoms. The average molecular weight is 320 g/mol. The summed E-state index contributed by atoms with van der Waals surface area (Å²) in [6.07, 6.45) is 0.452. The zero-order valence-corrected chi connectivity index (χ0v) is 12.8. The van der Waals surface area contributed by atoms with Crippen LogP contribution in [0.2, 0.25) is 0 Å². The molecule has 1 heterocycles. The van der Waals surface area contributed by atoms with Gasteiger partial charge in [0.2, 0.25) is 10.0 Å². The van der Waals surface area contributed by atoms with Gasteiger partial charge in [0.1, 0.15) is 10.6 Å². The molecule has 0 bridgehead atoms. The average Bonchev–Trinajstić information content (AvgIpc) is 2.69. The summed E-state index contributed by atoms with van der Waals surface area (Å²) in [4.78, 5) is 13.5. The van der Waals surface area contributed by atoms with Crippen LogP contribution in [0.5, 0.6) is 0 Å². The van der Waals surface area contributed by atoms with Crippen LogP contribution < -0.4 is 4.72 Å². The maximum Gasteiger partial charge on any atom is 0.352 e. The van der Waals surface area contributed by atoms with Crippen molar-refractivity contribution in [1.29, 1.82) is 0 Å². The Balaban J connectivity index is 2.73. The number of carboxylic acid groups (broad SMARTS) is 1. The number of aromatic nitrogens is 1. The first-order valence-corrected chi connectivity index (χ1v) is 7.90. The first-order chi connectivity index (χ1) is 9.81. The molecule has 8 nitrogen and oxygen atoms in total. The van der Waals surface area contributed by atoms with E-state index in [9.17, 15) is 13.2 Å². The lowest BCUT2D eigenvalue weighted by molar-refractivity contribution is 0.0690. The lowest BCUT2D eigenvalue weighted by Crippen LogP contribution is -2.26. The van der Waals surface area contributed by atoms with Crippen LogP contribution in [0.25, 0.3) is 0 Å². The number of aliphatic hydroxyl groups excluding tert-OH is 1. The van der Waals surface area contributed by atoms with Crippen molar-refractivity contribution < 1.29 is 28.2 Å². The van der Waals surface area contributed by atoms with Crippen LogP contribution in [-0.2, 0) is 14.8 Å². The monoisotopic (exact) mass is 320 g/mol. The molecule has 0 saturated carbocycles. The summed E-state index contributed by atoms with van der Waals surface area (Å²) < 4.78 is 31.8. The molecule has 0 unspecified atom stereocenters. The van der Waals surface area contributed by atoms with E-state index < -0.39 is 16.0 Å².